The van der Waals surface area contributed by atoms with Crippen molar-refractivity contribution in [2.45, 2.75) is 84.0 Å². The number of hydrogen-bond donors (Lipinski definition) is 0. The molecule has 2 aromatic carbocycles. The number of aryl methyl sites for hydroxylation is 2. The second-order valence-corrected chi connectivity index (χ2v) is 9.51. The van der Waals surface area contributed by atoms with Crippen molar-refractivity contribution in [3.8, 4) is 5.75 Å². The molecule has 0 bridgehead atoms. The number of esters is 1. The average molecular weight is 423 g/mol. The number of carbonyl (C=O) groups is 1. The molecule has 2 nitrogen and oxygen atoms in total. The predicted octanol–water partition coefficient (Wildman–Crippen LogP) is 7.17. The lowest BCUT2D eigenvalue weighted by molar-refractivity contribution is -0.140. The zero-order valence-corrected chi connectivity index (χ0v) is 19.0. The first-order valence-corrected chi connectivity index (χ1v) is 12.2. The van der Waals surface area contributed by atoms with E-state index in [1.54, 1.807) is 0 Å². The molecule has 0 saturated heterocycles. The summed E-state index contributed by atoms with van der Waals surface area (Å²) in [6.07, 6.45) is 10.3. The largest absolute Gasteiger partial charge is 0.423 e. The van der Waals surface area contributed by atoms with E-state index in [0.29, 0.717) is 6.42 Å². The number of carbonyl (C=O) groups excluding carboxylic acids is 1. The van der Waals surface area contributed by atoms with Gasteiger partial charge in [-0.3, -0.25) is 4.79 Å². The van der Waals surface area contributed by atoms with Crippen LogP contribution in [-0.4, -0.2) is 5.97 Å². The molecule has 166 valence electrons. The number of fused-ring (bicyclic) bond motifs is 1. The molecule has 1 heterocycles. The van der Waals surface area contributed by atoms with Crippen LogP contribution in [0.2, 0.25) is 0 Å². The first kappa shape index (κ1) is 22.0. The number of hydrogen-bond acceptors (Lipinski definition) is 2. The Morgan fingerprint density at radius 3 is 2.26 bits per heavy atom. The van der Waals surface area contributed by atoms with E-state index in [0.717, 1.165) is 62.0 Å². The van der Waals surface area contributed by atoms with Crippen LogP contribution in [0.3, 0.4) is 0 Å². The molecule has 0 amide bonds. The zero-order valence-electron chi connectivity index (χ0n) is 19.0. The number of ether oxygens (including phenoxy) is 1. The summed E-state index contributed by atoms with van der Waals surface area (Å²) < 4.78 is 20.6. The summed E-state index contributed by atoms with van der Waals surface area (Å²) in [4.78, 5) is 12.1. The number of benzene rings is 2. The standard InChI is InChI=1S/C28H35FO2/c1-3-5-19-6-8-20(9-7-19)10-11-21-12-14-23(15-13-21)25-17-16-24-18-22(4-2)28(30)31-27(24)26(25)29/h6-9,16-17,21-23H,3-5,10-15,18H2,1-2H3. The fraction of sp³-hybridized carbons (Fsp3) is 0.536. The van der Waals surface area contributed by atoms with E-state index in [9.17, 15) is 4.79 Å². The Morgan fingerprint density at radius 1 is 0.935 bits per heavy atom. The summed E-state index contributed by atoms with van der Waals surface area (Å²) in [6.45, 7) is 4.19. The lowest BCUT2D eigenvalue weighted by Crippen LogP contribution is -2.28. The van der Waals surface area contributed by atoms with E-state index in [2.05, 4.69) is 31.2 Å². The predicted molar refractivity (Wildman–Crippen MR) is 123 cm³/mol. The first-order valence-electron chi connectivity index (χ1n) is 12.2. The van der Waals surface area contributed by atoms with E-state index in [4.69, 9.17) is 4.74 Å². The third-order valence-corrected chi connectivity index (χ3v) is 7.39. The van der Waals surface area contributed by atoms with Gasteiger partial charge in [0.15, 0.2) is 11.6 Å². The van der Waals surface area contributed by atoms with E-state index in [1.807, 2.05) is 19.1 Å². The smallest absolute Gasteiger partial charge is 0.314 e. The summed E-state index contributed by atoms with van der Waals surface area (Å²) in [6, 6.07) is 13.0. The van der Waals surface area contributed by atoms with Crippen LogP contribution in [0.4, 0.5) is 4.39 Å². The van der Waals surface area contributed by atoms with Crippen LogP contribution in [0.1, 0.15) is 87.0 Å². The molecule has 31 heavy (non-hydrogen) atoms. The van der Waals surface area contributed by atoms with E-state index >= 15 is 4.39 Å². The van der Waals surface area contributed by atoms with Crippen molar-refractivity contribution in [3.63, 3.8) is 0 Å². The Hall–Kier alpha value is -2.16. The second-order valence-electron chi connectivity index (χ2n) is 9.51. The quantitative estimate of drug-likeness (QED) is 0.349. The molecule has 0 radical (unpaired) electrons. The maximum absolute atomic E-state index is 15.2. The fourth-order valence-electron chi connectivity index (χ4n) is 5.34. The minimum atomic E-state index is -0.295. The molecule has 1 unspecified atom stereocenters. The van der Waals surface area contributed by atoms with Crippen LogP contribution in [0.15, 0.2) is 36.4 Å². The molecule has 3 heteroatoms. The monoisotopic (exact) mass is 422 g/mol. The Bertz CT molecular complexity index is 894. The van der Waals surface area contributed by atoms with Crippen LogP contribution >= 0.6 is 0 Å². The summed E-state index contributed by atoms with van der Waals surface area (Å²) in [5.74, 6) is 0.429. The van der Waals surface area contributed by atoms with Crippen molar-refractivity contribution < 1.29 is 13.9 Å². The summed E-state index contributed by atoms with van der Waals surface area (Å²) in [5, 5.41) is 0. The van der Waals surface area contributed by atoms with Gasteiger partial charge in [-0.05, 0) is 91.9 Å². The van der Waals surface area contributed by atoms with Crippen molar-refractivity contribution in [1.82, 2.24) is 0 Å². The molecule has 4 rings (SSSR count). The summed E-state index contributed by atoms with van der Waals surface area (Å²) in [7, 11) is 0. The van der Waals surface area contributed by atoms with Gasteiger partial charge in [-0.15, -0.1) is 0 Å². The summed E-state index contributed by atoms with van der Waals surface area (Å²) >= 11 is 0. The molecular formula is C28H35FO2. The highest BCUT2D eigenvalue weighted by Gasteiger charge is 2.32. The van der Waals surface area contributed by atoms with Crippen LogP contribution in [0, 0.1) is 17.7 Å². The molecule has 1 aliphatic carbocycles. The van der Waals surface area contributed by atoms with Gasteiger partial charge in [0, 0.05) is 0 Å². The average Bonchev–Trinajstić information content (AvgIpc) is 2.80. The fourth-order valence-corrected chi connectivity index (χ4v) is 5.34. The molecule has 0 spiro atoms. The Balaban J connectivity index is 1.33. The Morgan fingerprint density at radius 2 is 1.61 bits per heavy atom. The molecule has 1 fully saturated rings. The van der Waals surface area contributed by atoms with Crippen molar-refractivity contribution in [2.75, 3.05) is 0 Å². The van der Waals surface area contributed by atoms with Crippen LogP contribution < -0.4 is 4.74 Å². The summed E-state index contributed by atoms with van der Waals surface area (Å²) in [5.41, 5.74) is 4.43. The highest BCUT2D eigenvalue weighted by molar-refractivity contribution is 5.78. The minimum Gasteiger partial charge on any atom is -0.423 e. The van der Waals surface area contributed by atoms with Crippen LogP contribution in [0.5, 0.6) is 5.75 Å². The van der Waals surface area contributed by atoms with Gasteiger partial charge < -0.3 is 4.74 Å². The molecule has 1 aliphatic heterocycles. The maximum atomic E-state index is 15.2. The van der Waals surface area contributed by atoms with Crippen molar-refractivity contribution in [3.05, 3.63) is 64.5 Å². The molecule has 0 N–H and O–H groups in total. The van der Waals surface area contributed by atoms with Gasteiger partial charge in [-0.2, -0.15) is 0 Å². The molecule has 2 aliphatic rings. The van der Waals surface area contributed by atoms with Gasteiger partial charge in [0.25, 0.3) is 0 Å². The second kappa shape index (κ2) is 9.97. The molecule has 1 saturated carbocycles. The topological polar surface area (TPSA) is 26.3 Å². The van der Waals surface area contributed by atoms with Gasteiger partial charge in [-0.1, -0.05) is 56.7 Å². The van der Waals surface area contributed by atoms with Gasteiger partial charge in [0.1, 0.15) is 0 Å². The van der Waals surface area contributed by atoms with Crippen molar-refractivity contribution in [2.24, 2.45) is 11.8 Å². The van der Waals surface area contributed by atoms with Crippen molar-refractivity contribution in [1.29, 1.82) is 0 Å². The highest BCUT2D eigenvalue weighted by Crippen LogP contribution is 2.42. The number of rotatable bonds is 7. The van der Waals surface area contributed by atoms with Gasteiger partial charge in [0.05, 0.1) is 5.92 Å². The Labute approximate surface area is 186 Å². The number of halogens is 1. The highest BCUT2D eigenvalue weighted by atomic mass is 19.1. The van der Waals surface area contributed by atoms with E-state index in [1.165, 1.54) is 24.0 Å². The van der Waals surface area contributed by atoms with E-state index < -0.39 is 0 Å². The lowest BCUT2D eigenvalue weighted by Gasteiger charge is -2.30. The van der Waals surface area contributed by atoms with Gasteiger partial charge in [-0.25, -0.2) is 4.39 Å². The first-order chi connectivity index (χ1) is 15.1. The molecule has 0 aromatic heterocycles. The molecular weight excluding hydrogens is 387 g/mol. The van der Waals surface area contributed by atoms with Crippen LogP contribution in [-0.2, 0) is 24.1 Å². The molecule has 2 aromatic rings. The third kappa shape index (κ3) is 5.02. The minimum absolute atomic E-state index is 0.143. The zero-order chi connectivity index (χ0) is 21.8. The third-order valence-electron chi connectivity index (χ3n) is 7.39. The van der Waals surface area contributed by atoms with Crippen LogP contribution in [0.25, 0.3) is 0 Å². The SMILES string of the molecule is CCCc1ccc(CCC2CCC(c3ccc4c(c3F)OC(=O)C(CC)C4)CC2)cc1. The van der Waals surface area contributed by atoms with Crippen molar-refractivity contribution >= 4 is 5.97 Å². The maximum Gasteiger partial charge on any atom is 0.314 e. The van der Waals surface area contributed by atoms with Gasteiger partial charge >= 0.3 is 5.97 Å². The normalized spacial score (nSPS) is 23.3. The lowest BCUT2D eigenvalue weighted by atomic mass is 9.76. The van der Waals surface area contributed by atoms with E-state index in [-0.39, 0.29) is 29.4 Å². The Kier molecular flexibility index (Phi) is 7.09. The van der Waals surface area contributed by atoms with Gasteiger partial charge in [0.2, 0.25) is 0 Å². The molecule has 1 atom stereocenters.